The third-order valence-corrected chi connectivity index (χ3v) is 3.11. The van der Waals surface area contributed by atoms with Crippen LogP contribution in [0, 0.1) is 11.3 Å². The van der Waals surface area contributed by atoms with E-state index in [1.807, 2.05) is 0 Å². The van der Waals surface area contributed by atoms with Gasteiger partial charge in [0.15, 0.2) is 0 Å². The van der Waals surface area contributed by atoms with Crippen LogP contribution in [-0.4, -0.2) is 21.3 Å². The van der Waals surface area contributed by atoms with Gasteiger partial charge < -0.3 is 5.32 Å². The van der Waals surface area contributed by atoms with Gasteiger partial charge in [0.1, 0.15) is 0 Å². The van der Waals surface area contributed by atoms with E-state index in [9.17, 15) is 0 Å². The van der Waals surface area contributed by atoms with Gasteiger partial charge in [0.05, 0.1) is 0 Å². The van der Waals surface area contributed by atoms with Gasteiger partial charge in [-0.05, 0) is 16.5 Å². The molecule has 0 saturated carbocycles. The standard InChI is InChI=1S/C8H16N4S/c1-6(2)8(3,4)5-9-7-10-11-12-13-7/h6H,5H2,1-4H3,(H,9,10,12). The molecule has 1 aromatic rings. The van der Waals surface area contributed by atoms with Crippen LogP contribution >= 0.6 is 11.5 Å². The number of hydrogen-bond acceptors (Lipinski definition) is 5. The molecule has 13 heavy (non-hydrogen) atoms. The van der Waals surface area contributed by atoms with Crippen molar-refractivity contribution in [1.29, 1.82) is 0 Å². The van der Waals surface area contributed by atoms with Crippen molar-refractivity contribution in [3.63, 3.8) is 0 Å². The highest BCUT2D eigenvalue weighted by atomic mass is 32.1. The maximum absolute atomic E-state index is 3.82. The van der Waals surface area contributed by atoms with Crippen molar-refractivity contribution in [3.05, 3.63) is 0 Å². The quantitative estimate of drug-likeness (QED) is 0.808. The minimum Gasteiger partial charge on any atom is -0.358 e. The monoisotopic (exact) mass is 200 g/mol. The summed E-state index contributed by atoms with van der Waals surface area (Å²) >= 11 is 1.29. The molecule has 0 aromatic carbocycles. The summed E-state index contributed by atoms with van der Waals surface area (Å²) in [6.07, 6.45) is 0. The van der Waals surface area contributed by atoms with Crippen LogP contribution in [0.15, 0.2) is 0 Å². The summed E-state index contributed by atoms with van der Waals surface area (Å²) < 4.78 is 3.69. The van der Waals surface area contributed by atoms with Gasteiger partial charge in [0, 0.05) is 18.1 Å². The van der Waals surface area contributed by atoms with E-state index in [1.165, 1.54) is 11.5 Å². The van der Waals surface area contributed by atoms with Crippen LogP contribution < -0.4 is 5.32 Å². The van der Waals surface area contributed by atoms with Crippen molar-refractivity contribution >= 4 is 16.7 Å². The first kappa shape index (κ1) is 10.4. The van der Waals surface area contributed by atoms with E-state index in [1.54, 1.807) is 0 Å². The maximum Gasteiger partial charge on any atom is 0.225 e. The fourth-order valence-electron chi connectivity index (χ4n) is 0.709. The van der Waals surface area contributed by atoms with Crippen LogP contribution in [0.4, 0.5) is 5.13 Å². The second-order valence-corrected chi connectivity index (χ2v) is 4.90. The zero-order valence-electron chi connectivity index (χ0n) is 8.53. The van der Waals surface area contributed by atoms with Gasteiger partial charge in [0.25, 0.3) is 0 Å². The third kappa shape index (κ3) is 2.91. The number of anilines is 1. The lowest BCUT2D eigenvalue weighted by Gasteiger charge is -2.28. The Labute approximate surface area is 82.9 Å². The second-order valence-electron chi connectivity index (χ2n) is 4.16. The Morgan fingerprint density at radius 3 is 2.62 bits per heavy atom. The molecule has 74 valence electrons. The highest BCUT2D eigenvalue weighted by molar-refractivity contribution is 7.09. The van der Waals surface area contributed by atoms with E-state index in [0.717, 1.165) is 11.7 Å². The van der Waals surface area contributed by atoms with Gasteiger partial charge in [0.2, 0.25) is 5.13 Å². The fourth-order valence-corrected chi connectivity index (χ4v) is 1.07. The largest absolute Gasteiger partial charge is 0.358 e. The Morgan fingerprint density at radius 2 is 2.15 bits per heavy atom. The summed E-state index contributed by atoms with van der Waals surface area (Å²) in [4.78, 5) is 0. The molecule has 0 bridgehead atoms. The summed E-state index contributed by atoms with van der Waals surface area (Å²) in [7, 11) is 0. The fraction of sp³-hybridized carbons (Fsp3) is 0.875. The summed E-state index contributed by atoms with van der Waals surface area (Å²) in [5.74, 6) is 0.640. The maximum atomic E-state index is 3.82. The number of nitrogens with zero attached hydrogens (tertiary/aromatic N) is 3. The average molecular weight is 200 g/mol. The van der Waals surface area contributed by atoms with Gasteiger partial charge in [-0.2, -0.15) is 0 Å². The Kier molecular flexibility index (Phi) is 3.19. The van der Waals surface area contributed by atoms with Crippen molar-refractivity contribution < 1.29 is 0 Å². The van der Waals surface area contributed by atoms with Crippen molar-refractivity contribution in [2.24, 2.45) is 11.3 Å². The van der Waals surface area contributed by atoms with Crippen LogP contribution in [0.5, 0.6) is 0 Å². The lowest BCUT2D eigenvalue weighted by molar-refractivity contribution is 0.269. The van der Waals surface area contributed by atoms with E-state index in [2.05, 4.69) is 47.8 Å². The molecule has 0 amide bonds. The van der Waals surface area contributed by atoms with Gasteiger partial charge in [-0.25, -0.2) is 0 Å². The molecule has 0 saturated heterocycles. The molecule has 0 spiro atoms. The first-order valence-corrected chi connectivity index (χ1v) is 5.18. The summed E-state index contributed by atoms with van der Waals surface area (Å²) in [6.45, 7) is 9.82. The summed E-state index contributed by atoms with van der Waals surface area (Å²) in [6, 6.07) is 0. The van der Waals surface area contributed by atoms with Crippen molar-refractivity contribution in [3.8, 4) is 0 Å². The first-order chi connectivity index (χ1) is 6.02. The highest BCUT2D eigenvalue weighted by Gasteiger charge is 2.22. The Morgan fingerprint density at radius 1 is 1.46 bits per heavy atom. The molecule has 1 rings (SSSR count). The topological polar surface area (TPSA) is 50.7 Å². The minimum atomic E-state index is 0.270. The number of rotatable bonds is 4. The molecular weight excluding hydrogens is 184 g/mol. The molecule has 0 aliphatic rings. The SMILES string of the molecule is CC(C)C(C)(C)CNc1nnns1. The zero-order valence-corrected chi connectivity index (χ0v) is 9.35. The molecule has 4 nitrogen and oxygen atoms in total. The minimum absolute atomic E-state index is 0.270. The van der Waals surface area contributed by atoms with Crippen LogP contribution in [0.1, 0.15) is 27.7 Å². The molecule has 0 aliphatic carbocycles. The highest BCUT2D eigenvalue weighted by Crippen LogP contribution is 2.26. The molecule has 0 atom stereocenters. The second kappa shape index (κ2) is 4.00. The van der Waals surface area contributed by atoms with Crippen molar-refractivity contribution in [2.45, 2.75) is 27.7 Å². The van der Waals surface area contributed by atoms with Gasteiger partial charge in [-0.3, -0.25) is 0 Å². The van der Waals surface area contributed by atoms with E-state index in [0.29, 0.717) is 5.92 Å². The van der Waals surface area contributed by atoms with Gasteiger partial charge in [-0.15, -0.1) is 0 Å². The molecule has 0 unspecified atom stereocenters. The van der Waals surface area contributed by atoms with E-state index < -0.39 is 0 Å². The van der Waals surface area contributed by atoms with Crippen molar-refractivity contribution in [1.82, 2.24) is 14.8 Å². The Hall–Kier alpha value is -0.710. The first-order valence-electron chi connectivity index (χ1n) is 4.41. The van der Waals surface area contributed by atoms with E-state index in [4.69, 9.17) is 0 Å². The van der Waals surface area contributed by atoms with Gasteiger partial charge >= 0.3 is 0 Å². The molecule has 1 heterocycles. The smallest absolute Gasteiger partial charge is 0.225 e. The van der Waals surface area contributed by atoms with Gasteiger partial charge in [-0.1, -0.05) is 37.3 Å². The number of aromatic nitrogens is 3. The predicted octanol–water partition coefficient (Wildman–Crippen LogP) is 2.03. The normalized spacial score (nSPS) is 12.1. The molecule has 0 fully saturated rings. The Bertz CT molecular complexity index is 243. The molecule has 0 aliphatic heterocycles. The molecule has 1 N–H and O–H groups in total. The van der Waals surface area contributed by atoms with Crippen molar-refractivity contribution in [2.75, 3.05) is 11.9 Å². The molecular formula is C8H16N4S. The van der Waals surface area contributed by atoms with E-state index in [-0.39, 0.29) is 5.41 Å². The average Bonchev–Trinajstić information content (AvgIpc) is 2.52. The molecule has 1 aromatic heterocycles. The lowest BCUT2D eigenvalue weighted by atomic mass is 9.81. The number of hydrogen-bond donors (Lipinski definition) is 1. The predicted molar refractivity (Wildman–Crippen MR) is 54.8 cm³/mol. The number of nitrogens with one attached hydrogen (secondary N) is 1. The Balaban J connectivity index is 2.42. The lowest BCUT2D eigenvalue weighted by Crippen LogP contribution is -2.28. The van der Waals surface area contributed by atoms with Crippen LogP contribution in [0.25, 0.3) is 0 Å². The zero-order chi connectivity index (χ0) is 9.90. The van der Waals surface area contributed by atoms with Crippen LogP contribution in [-0.2, 0) is 0 Å². The molecule has 5 heteroatoms. The summed E-state index contributed by atoms with van der Waals surface area (Å²) in [5, 5.41) is 11.4. The van der Waals surface area contributed by atoms with Crippen LogP contribution in [0.2, 0.25) is 0 Å². The summed E-state index contributed by atoms with van der Waals surface area (Å²) in [5.41, 5.74) is 0.270. The van der Waals surface area contributed by atoms with Crippen LogP contribution in [0.3, 0.4) is 0 Å². The third-order valence-electron chi connectivity index (χ3n) is 2.56. The van der Waals surface area contributed by atoms with E-state index >= 15 is 0 Å². The molecule has 0 radical (unpaired) electrons.